The van der Waals surface area contributed by atoms with E-state index in [1.807, 2.05) is 0 Å². The van der Waals surface area contributed by atoms with Crippen LogP contribution in [0, 0.1) is 0 Å². The lowest BCUT2D eigenvalue weighted by Crippen LogP contribution is -2.33. The van der Waals surface area contributed by atoms with E-state index in [0.717, 1.165) is 0 Å². The van der Waals surface area contributed by atoms with E-state index in [1.54, 1.807) is 36.4 Å². The summed E-state index contributed by atoms with van der Waals surface area (Å²) in [6.07, 6.45) is 0. The largest absolute Gasteiger partial charge is 0.508 e. The lowest BCUT2D eigenvalue weighted by Gasteiger charge is -2.14. The van der Waals surface area contributed by atoms with Gasteiger partial charge in [0.05, 0.1) is 17.7 Å². The first-order valence-corrected chi connectivity index (χ1v) is 6.54. The van der Waals surface area contributed by atoms with Crippen LogP contribution in [0.2, 0.25) is 0 Å². The number of aromatic hydroxyl groups is 1. The first kappa shape index (κ1) is 13.2. The molecule has 1 aliphatic heterocycles. The van der Waals surface area contributed by atoms with Crippen molar-refractivity contribution in [2.24, 2.45) is 0 Å². The summed E-state index contributed by atoms with van der Waals surface area (Å²) in [5.41, 5.74) is 0.861. The highest BCUT2D eigenvalue weighted by Crippen LogP contribution is 2.22. The fourth-order valence-electron chi connectivity index (χ4n) is 2.27. The van der Waals surface area contributed by atoms with Gasteiger partial charge in [-0.2, -0.15) is 0 Å². The number of phenols is 1. The van der Waals surface area contributed by atoms with E-state index in [-0.39, 0.29) is 30.7 Å². The molecule has 0 unspecified atom stereocenters. The Labute approximate surface area is 121 Å². The Kier molecular flexibility index (Phi) is 3.31. The van der Waals surface area contributed by atoms with Crippen LogP contribution in [0.15, 0.2) is 48.5 Å². The number of amides is 2. The molecule has 2 amide bonds. The summed E-state index contributed by atoms with van der Waals surface area (Å²) in [7, 11) is 0. The molecule has 21 heavy (non-hydrogen) atoms. The van der Waals surface area contributed by atoms with E-state index in [4.69, 9.17) is 4.74 Å². The number of rotatable bonds is 4. The molecule has 3 rings (SSSR count). The zero-order valence-electron chi connectivity index (χ0n) is 11.2. The highest BCUT2D eigenvalue weighted by Gasteiger charge is 2.34. The van der Waals surface area contributed by atoms with Crippen LogP contribution in [0.3, 0.4) is 0 Å². The first-order valence-electron chi connectivity index (χ1n) is 6.54. The number of imide groups is 1. The molecule has 0 fully saturated rings. The third-order valence-corrected chi connectivity index (χ3v) is 3.28. The maximum atomic E-state index is 12.1. The van der Waals surface area contributed by atoms with E-state index < -0.39 is 0 Å². The Morgan fingerprint density at radius 2 is 1.62 bits per heavy atom. The topological polar surface area (TPSA) is 66.8 Å². The summed E-state index contributed by atoms with van der Waals surface area (Å²) in [6.45, 7) is 0.344. The van der Waals surface area contributed by atoms with E-state index in [1.165, 1.54) is 17.0 Å². The number of hydrogen-bond donors (Lipinski definition) is 1. The van der Waals surface area contributed by atoms with Crippen LogP contribution in [0.4, 0.5) is 0 Å². The first-order chi connectivity index (χ1) is 10.2. The van der Waals surface area contributed by atoms with Crippen LogP contribution < -0.4 is 4.74 Å². The average molecular weight is 283 g/mol. The van der Waals surface area contributed by atoms with E-state index >= 15 is 0 Å². The molecule has 0 aromatic heterocycles. The van der Waals surface area contributed by atoms with Crippen molar-refractivity contribution >= 4 is 11.8 Å². The number of fused-ring (bicyclic) bond motifs is 1. The summed E-state index contributed by atoms with van der Waals surface area (Å²) in [6, 6.07) is 13.1. The van der Waals surface area contributed by atoms with Crippen molar-refractivity contribution in [2.45, 2.75) is 0 Å². The van der Waals surface area contributed by atoms with Crippen molar-refractivity contribution in [3.63, 3.8) is 0 Å². The molecule has 5 nitrogen and oxygen atoms in total. The van der Waals surface area contributed by atoms with Crippen LogP contribution in [-0.2, 0) is 0 Å². The van der Waals surface area contributed by atoms with Gasteiger partial charge in [0.25, 0.3) is 11.8 Å². The molecule has 1 heterocycles. The van der Waals surface area contributed by atoms with Gasteiger partial charge in [0, 0.05) is 6.07 Å². The van der Waals surface area contributed by atoms with Crippen LogP contribution >= 0.6 is 0 Å². The Morgan fingerprint density at radius 3 is 2.24 bits per heavy atom. The van der Waals surface area contributed by atoms with Crippen molar-refractivity contribution in [2.75, 3.05) is 13.2 Å². The molecule has 0 bridgehead atoms. The monoisotopic (exact) mass is 283 g/mol. The number of nitrogens with zero attached hydrogens (tertiary/aromatic N) is 1. The second kappa shape index (κ2) is 5.28. The maximum Gasteiger partial charge on any atom is 0.261 e. The predicted molar refractivity (Wildman–Crippen MR) is 75.4 cm³/mol. The molecule has 0 radical (unpaired) electrons. The van der Waals surface area contributed by atoms with Crippen molar-refractivity contribution in [3.8, 4) is 11.5 Å². The van der Waals surface area contributed by atoms with Gasteiger partial charge in [0.1, 0.15) is 18.1 Å². The maximum absolute atomic E-state index is 12.1. The number of hydrogen-bond acceptors (Lipinski definition) is 4. The van der Waals surface area contributed by atoms with Crippen LogP contribution in [0.1, 0.15) is 20.7 Å². The summed E-state index contributed by atoms with van der Waals surface area (Å²) in [5.74, 6) is 0.00468. The SMILES string of the molecule is O=C1c2ccccc2C(=O)N1CCOc1cccc(O)c1. The van der Waals surface area contributed by atoms with Crippen LogP contribution in [0.25, 0.3) is 0 Å². The molecule has 1 aliphatic rings. The van der Waals surface area contributed by atoms with E-state index in [2.05, 4.69) is 0 Å². The zero-order chi connectivity index (χ0) is 14.8. The van der Waals surface area contributed by atoms with Gasteiger partial charge in [-0.25, -0.2) is 0 Å². The molecule has 1 N–H and O–H groups in total. The molecule has 2 aromatic rings. The van der Waals surface area contributed by atoms with E-state index in [9.17, 15) is 14.7 Å². The smallest absolute Gasteiger partial charge is 0.261 e. The van der Waals surface area contributed by atoms with Crippen molar-refractivity contribution in [1.29, 1.82) is 0 Å². The quantitative estimate of drug-likeness (QED) is 0.872. The molecule has 106 valence electrons. The molecule has 0 atom stereocenters. The average Bonchev–Trinajstić information content (AvgIpc) is 2.73. The van der Waals surface area contributed by atoms with Gasteiger partial charge in [-0.3, -0.25) is 14.5 Å². The summed E-state index contributed by atoms with van der Waals surface area (Å²) >= 11 is 0. The van der Waals surface area contributed by atoms with Gasteiger partial charge in [-0.05, 0) is 24.3 Å². The van der Waals surface area contributed by atoms with Crippen LogP contribution in [0.5, 0.6) is 11.5 Å². The van der Waals surface area contributed by atoms with Crippen molar-refractivity contribution in [3.05, 3.63) is 59.7 Å². The number of ether oxygens (including phenoxy) is 1. The minimum Gasteiger partial charge on any atom is -0.508 e. The molecular weight excluding hydrogens is 270 g/mol. The van der Waals surface area contributed by atoms with Gasteiger partial charge >= 0.3 is 0 Å². The van der Waals surface area contributed by atoms with Crippen molar-refractivity contribution < 1.29 is 19.4 Å². The Morgan fingerprint density at radius 1 is 0.952 bits per heavy atom. The molecule has 2 aromatic carbocycles. The highest BCUT2D eigenvalue weighted by atomic mass is 16.5. The van der Waals surface area contributed by atoms with Gasteiger partial charge in [0.15, 0.2) is 0 Å². The minimum absolute atomic E-state index is 0.105. The Bertz CT molecular complexity index is 676. The molecule has 0 saturated heterocycles. The fourth-order valence-corrected chi connectivity index (χ4v) is 2.27. The molecule has 0 aliphatic carbocycles. The number of phenolic OH excluding ortho intramolecular Hbond substituents is 1. The second-order valence-electron chi connectivity index (χ2n) is 4.65. The predicted octanol–water partition coefficient (Wildman–Crippen LogP) is 2.07. The van der Waals surface area contributed by atoms with Crippen molar-refractivity contribution in [1.82, 2.24) is 4.90 Å². The van der Waals surface area contributed by atoms with Gasteiger partial charge in [-0.15, -0.1) is 0 Å². The van der Waals surface area contributed by atoms with E-state index in [0.29, 0.717) is 16.9 Å². The number of carbonyl (C=O) groups is 2. The molecular formula is C16H13NO4. The zero-order valence-corrected chi connectivity index (χ0v) is 11.2. The molecule has 5 heteroatoms. The summed E-state index contributed by atoms with van der Waals surface area (Å²) in [4.78, 5) is 25.4. The summed E-state index contributed by atoms with van der Waals surface area (Å²) < 4.78 is 5.44. The van der Waals surface area contributed by atoms with Crippen LogP contribution in [-0.4, -0.2) is 35.0 Å². The molecule has 0 saturated carbocycles. The van der Waals surface area contributed by atoms with Gasteiger partial charge in [0.2, 0.25) is 0 Å². The highest BCUT2D eigenvalue weighted by molar-refractivity contribution is 6.21. The van der Waals surface area contributed by atoms with Gasteiger partial charge in [-0.1, -0.05) is 18.2 Å². The Balaban J connectivity index is 1.65. The molecule has 0 spiro atoms. The number of benzene rings is 2. The lowest BCUT2D eigenvalue weighted by atomic mass is 10.1. The third kappa shape index (κ3) is 2.45. The Hall–Kier alpha value is -2.82. The second-order valence-corrected chi connectivity index (χ2v) is 4.65. The standard InChI is InChI=1S/C16H13NO4/c18-11-4-3-5-12(10-11)21-9-8-17-15(19)13-6-1-2-7-14(13)16(17)20/h1-7,10,18H,8-9H2. The lowest BCUT2D eigenvalue weighted by molar-refractivity contribution is 0.0631. The summed E-state index contributed by atoms with van der Waals surface area (Å²) in [5, 5.41) is 9.33. The minimum atomic E-state index is -0.296. The van der Waals surface area contributed by atoms with Gasteiger partial charge < -0.3 is 9.84 Å². The fraction of sp³-hybridized carbons (Fsp3) is 0.125. The number of carbonyl (C=O) groups excluding carboxylic acids is 2. The third-order valence-electron chi connectivity index (χ3n) is 3.28. The normalized spacial score (nSPS) is 13.4.